The van der Waals surface area contributed by atoms with Gasteiger partial charge in [0.25, 0.3) is 0 Å². The molecule has 0 fully saturated rings. The number of para-hydroxylation sites is 1. The number of guanidine groups is 1. The van der Waals surface area contributed by atoms with Gasteiger partial charge in [0.1, 0.15) is 5.82 Å². The number of hydrogen-bond donors (Lipinski definition) is 3. The Hall–Kier alpha value is -3.68. The molecule has 0 saturated carbocycles. The standard InChI is InChI=1S/C22H25FN6O/c1-15-12-16(2)29(28-15)20-7-5-4-6-17(20)13-25-22(24-3)26-14-21(30)27-19-10-8-18(23)9-11-19/h4-12H,13-14H2,1-3H3,(H,27,30)(H2,24,25,26). The van der Waals surface area contributed by atoms with Gasteiger partial charge in [-0.3, -0.25) is 9.79 Å². The molecule has 1 amide bonds. The Morgan fingerprint density at radius 3 is 2.50 bits per heavy atom. The number of halogens is 1. The van der Waals surface area contributed by atoms with Crippen LogP contribution in [0.5, 0.6) is 0 Å². The fourth-order valence-electron chi connectivity index (χ4n) is 3.04. The molecule has 0 aliphatic heterocycles. The molecule has 0 spiro atoms. The number of carbonyl (C=O) groups is 1. The lowest BCUT2D eigenvalue weighted by Gasteiger charge is -2.15. The minimum atomic E-state index is -0.350. The summed E-state index contributed by atoms with van der Waals surface area (Å²) < 4.78 is 14.9. The van der Waals surface area contributed by atoms with Gasteiger partial charge in [0.05, 0.1) is 17.9 Å². The SMILES string of the molecule is CN=C(NCC(=O)Nc1ccc(F)cc1)NCc1ccccc1-n1nc(C)cc1C. The second-order valence-electron chi connectivity index (χ2n) is 6.80. The summed E-state index contributed by atoms with van der Waals surface area (Å²) in [5, 5.41) is 13.5. The molecule has 30 heavy (non-hydrogen) atoms. The fourth-order valence-corrected chi connectivity index (χ4v) is 3.04. The van der Waals surface area contributed by atoms with Crippen molar-refractivity contribution in [1.82, 2.24) is 20.4 Å². The molecule has 0 aliphatic carbocycles. The number of rotatable bonds is 6. The predicted octanol–water partition coefficient (Wildman–Crippen LogP) is 2.93. The first-order valence-corrected chi connectivity index (χ1v) is 9.58. The summed E-state index contributed by atoms with van der Waals surface area (Å²) >= 11 is 0. The van der Waals surface area contributed by atoms with Crippen molar-refractivity contribution in [3.8, 4) is 5.69 Å². The molecule has 156 valence electrons. The second kappa shape index (κ2) is 9.69. The van der Waals surface area contributed by atoms with Crippen molar-refractivity contribution < 1.29 is 9.18 Å². The Morgan fingerprint density at radius 2 is 1.83 bits per heavy atom. The molecule has 0 atom stereocenters. The highest BCUT2D eigenvalue weighted by Crippen LogP contribution is 2.16. The zero-order valence-corrected chi connectivity index (χ0v) is 17.2. The third kappa shape index (κ3) is 5.44. The molecule has 0 saturated heterocycles. The van der Waals surface area contributed by atoms with Gasteiger partial charge in [0, 0.05) is 25.0 Å². The normalized spacial score (nSPS) is 11.3. The highest BCUT2D eigenvalue weighted by Gasteiger charge is 2.10. The van der Waals surface area contributed by atoms with Crippen molar-refractivity contribution in [3.63, 3.8) is 0 Å². The summed E-state index contributed by atoms with van der Waals surface area (Å²) in [6, 6.07) is 15.6. The zero-order valence-electron chi connectivity index (χ0n) is 17.2. The van der Waals surface area contributed by atoms with E-state index in [-0.39, 0.29) is 18.3 Å². The molecular formula is C22H25FN6O. The van der Waals surface area contributed by atoms with Crippen LogP contribution in [0.1, 0.15) is 17.0 Å². The van der Waals surface area contributed by atoms with Crippen LogP contribution < -0.4 is 16.0 Å². The third-order valence-corrected chi connectivity index (χ3v) is 4.44. The molecule has 0 radical (unpaired) electrons. The quantitative estimate of drug-likeness (QED) is 0.433. The maximum atomic E-state index is 13.0. The van der Waals surface area contributed by atoms with Gasteiger partial charge in [-0.2, -0.15) is 5.10 Å². The van der Waals surface area contributed by atoms with E-state index >= 15 is 0 Å². The van der Waals surface area contributed by atoms with Crippen LogP contribution in [-0.4, -0.2) is 35.2 Å². The summed E-state index contributed by atoms with van der Waals surface area (Å²) in [5.41, 5.74) is 4.58. The molecule has 1 heterocycles. The highest BCUT2D eigenvalue weighted by atomic mass is 19.1. The Kier molecular flexibility index (Phi) is 6.79. The summed E-state index contributed by atoms with van der Waals surface area (Å²) in [6.45, 7) is 4.52. The lowest BCUT2D eigenvalue weighted by Crippen LogP contribution is -2.41. The average molecular weight is 408 g/mol. The van der Waals surface area contributed by atoms with Crippen LogP contribution in [0.2, 0.25) is 0 Å². The number of hydrogen-bond acceptors (Lipinski definition) is 3. The number of nitrogens with zero attached hydrogens (tertiary/aromatic N) is 3. The number of nitrogens with one attached hydrogen (secondary N) is 3. The van der Waals surface area contributed by atoms with Gasteiger partial charge in [-0.05, 0) is 55.8 Å². The van der Waals surface area contributed by atoms with E-state index in [1.807, 2.05) is 48.9 Å². The first-order chi connectivity index (χ1) is 14.5. The molecule has 3 aromatic rings. The Labute approximate surface area is 175 Å². The van der Waals surface area contributed by atoms with Crippen LogP contribution in [-0.2, 0) is 11.3 Å². The zero-order chi connectivity index (χ0) is 21.5. The van der Waals surface area contributed by atoms with Crippen LogP contribution in [0.4, 0.5) is 10.1 Å². The van der Waals surface area contributed by atoms with E-state index in [1.165, 1.54) is 24.3 Å². The van der Waals surface area contributed by atoms with E-state index < -0.39 is 0 Å². The molecule has 0 unspecified atom stereocenters. The van der Waals surface area contributed by atoms with Crippen LogP contribution in [0, 0.1) is 19.7 Å². The molecule has 7 nitrogen and oxygen atoms in total. The van der Waals surface area contributed by atoms with Crippen LogP contribution in [0.3, 0.4) is 0 Å². The highest BCUT2D eigenvalue weighted by molar-refractivity contribution is 5.94. The second-order valence-corrected chi connectivity index (χ2v) is 6.80. The smallest absolute Gasteiger partial charge is 0.243 e. The Bertz CT molecular complexity index is 1040. The number of aryl methyl sites for hydroxylation is 2. The van der Waals surface area contributed by atoms with E-state index in [0.717, 1.165) is 22.6 Å². The van der Waals surface area contributed by atoms with Gasteiger partial charge in [0.15, 0.2) is 5.96 Å². The van der Waals surface area contributed by atoms with Crippen molar-refractivity contribution in [2.75, 3.05) is 18.9 Å². The number of aromatic nitrogens is 2. The third-order valence-electron chi connectivity index (χ3n) is 4.44. The first-order valence-electron chi connectivity index (χ1n) is 9.58. The summed E-state index contributed by atoms with van der Waals surface area (Å²) in [7, 11) is 1.64. The Morgan fingerprint density at radius 1 is 1.10 bits per heavy atom. The van der Waals surface area contributed by atoms with Crippen molar-refractivity contribution >= 4 is 17.6 Å². The maximum absolute atomic E-state index is 13.0. The van der Waals surface area contributed by atoms with Gasteiger partial charge >= 0.3 is 0 Å². The molecule has 1 aromatic heterocycles. The van der Waals surface area contributed by atoms with E-state index in [2.05, 4.69) is 26.0 Å². The number of benzene rings is 2. The summed E-state index contributed by atoms with van der Waals surface area (Å²) in [5.74, 6) is -0.114. The van der Waals surface area contributed by atoms with Crippen LogP contribution in [0.25, 0.3) is 5.69 Å². The Balaban J connectivity index is 1.58. The van der Waals surface area contributed by atoms with Crippen molar-refractivity contribution in [2.24, 2.45) is 4.99 Å². The van der Waals surface area contributed by atoms with Gasteiger partial charge < -0.3 is 16.0 Å². The number of anilines is 1. The minimum Gasteiger partial charge on any atom is -0.352 e. The van der Waals surface area contributed by atoms with Crippen LogP contribution in [0.15, 0.2) is 59.6 Å². The molecule has 3 N–H and O–H groups in total. The number of carbonyl (C=O) groups excluding carboxylic acids is 1. The lowest BCUT2D eigenvalue weighted by molar-refractivity contribution is -0.115. The molecular weight excluding hydrogens is 383 g/mol. The summed E-state index contributed by atoms with van der Waals surface area (Å²) in [4.78, 5) is 16.3. The van der Waals surface area contributed by atoms with Gasteiger partial charge in [-0.1, -0.05) is 18.2 Å². The largest absolute Gasteiger partial charge is 0.352 e. The van der Waals surface area contributed by atoms with E-state index in [9.17, 15) is 9.18 Å². The molecule has 2 aromatic carbocycles. The van der Waals surface area contributed by atoms with Crippen molar-refractivity contribution in [1.29, 1.82) is 0 Å². The van der Waals surface area contributed by atoms with E-state index in [4.69, 9.17) is 0 Å². The van der Waals surface area contributed by atoms with Crippen molar-refractivity contribution in [2.45, 2.75) is 20.4 Å². The number of aliphatic imine (C=N–C) groups is 1. The average Bonchev–Trinajstić information content (AvgIpc) is 3.08. The van der Waals surface area contributed by atoms with E-state index in [1.54, 1.807) is 7.05 Å². The van der Waals surface area contributed by atoms with Gasteiger partial charge in [-0.15, -0.1) is 0 Å². The monoisotopic (exact) mass is 408 g/mol. The summed E-state index contributed by atoms with van der Waals surface area (Å²) in [6.07, 6.45) is 0. The van der Waals surface area contributed by atoms with Gasteiger partial charge in [0.2, 0.25) is 5.91 Å². The lowest BCUT2D eigenvalue weighted by atomic mass is 10.1. The topological polar surface area (TPSA) is 83.3 Å². The van der Waals surface area contributed by atoms with Crippen molar-refractivity contribution in [3.05, 3.63) is 77.4 Å². The molecule has 3 rings (SSSR count). The number of amides is 1. The van der Waals surface area contributed by atoms with Crippen LogP contribution >= 0.6 is 0 Å². The molecule has 0 aliphatic rings. The molecule has 0 bridgehead atoms. The predicted molar refractivity (Wildman–Crippen MR) is 116 cm³/mol. The minimum absolute atomic E-state index is 0.0240. The molecule has 8 heteroatoms. The fraction of sp³-hybridized carbons (Fsp3) is 0.227. The first kappa shape index (κ1) is 21.0. The van der Waals surface area contributed by atoms with Gasteiger partial charge in [-0.25, -0.2) is 9.07 Å². The maximum Gasteiger partial charge on any atom is 0.243 e. The van der Waals surface area contributed by atoms with E-state index in [0.29, 0.717) is 18.2 Å².